The molecule has 0 fully saturated rings. The van der Waals surface area contributed by atoms with Crippen molar-refractivity contribution >= 4 is 33.2 Å². The Kier molecular flexibility index (Phi) is 6.13. The van der Waals surface area contributed by atoms with E-state index in [9.17, 15) is 14.9 Å². The molecule has 1 aromatic heterocycles. The molecule has 29 heavy (non-hydrogen) atoms. The summed E-state index contributed by atoms with van der Waals surface area (Å²) in [5.74, 6) is 0.529. The van der Waals surface area contributed by atoms with Gasteiger partial charge in [0.1, 0.15) is 5.75 Å². The van der Waals surface area contributed by atoms with Crippen LogP contribution in [-0.4, -0.2) is 27.7 Å². The molecule has 9 nitrogen and oxygen atoms in total. The van der Waals surface area contributed by atoms with Crippen LogP contribution in [0.1, 0.15) is 17.4 Å². The van der Waals surface area contributed by atoms with Crippen LogP contribution in [0.15, 0.2) is 53.1 Å². The predicted octanol–water partition coefficient (Wildman–Crippen LogP) is 4.63. The first-order chi connectivity index (χ1) is 13.9. The fraction of sp³-hybridized carbons (Fsp3) is 0.158. The molecule has 150 valence electrons. The molecule has 0 spiro atoms. The zero-order valence-electron chi connectivity index (χ0n) is 15.6. The number of halogens is 1. The average molecular weight is 461 g/mol. The van der Waals surface area contributed by atoms with Gasteiger partial charge in [-0.25, -0.2) is 0 Å². The zero-order valence-corrected chi connectivity index (χ0v) is 17.2. The molecule has 0 radical (unpaired) electrons. The van der Waals surface area contributed by atoms with Gasteiger partial charge in [-0.1, -0.05) is 12.1 Å². The number of non-ortho nitro benzene ring substituents is 1. The molecule has 3 rings (SSSR count). The van der Waals surface area contributed by atoms with Crippen molar-refractivity contribution in [1.29, 1.82) is 0 Å². The highest BCUT2D eigenvalue weighted by atomic mass is 79.9. The fourth-order valence-electron chi connectivity index (χ4n) is 2.55. The number of nitrogens with zero attached hydrogens (tertiary/aromatic N) is 3. The lowest BCUT2D eigenvalue weighted by Crippen LogP contribution is -2.14. The Bertz CT molecular complexity index is 1070. The Labute approximate surface area is 174 Å². The smallest absolute Gasteiger partial charge is 0.277 e. The molecule has 0 unspecified atom stereocenters. The highest BCUT2D eigenvalue weighted by molar-refractivity contribution is 9.10. The van der Waals surface area contributed by atoms with Gasteiger partial charge in [-0.3, -0.25) is 19.6 Å². The number of nitro groups is 1. The van der Waals surface area contributed by atoms with E-state index in [1.807, 2.05) is 6.92 Å². The minimum atomic E-state index is -0.563. The molecule has 0 saturated carbocycles. The summed E-state index contributed by atoms with van der Waals surface area (Å²) in [6.45, 7) is 2.49. The van der Waals surface area contributed by atoms with Crippen molar-refractivity contribution in [2.45, 2.75) is 13.5 Å². The van der Waals surface area contributed by atoms with Crippen LogP contribution in [0.25, 0.3) is 0 Å². The summed E-state index contributed by atoms with van der Waals surface area (Å²) >= 11 is 3.29. The van der Waals surface area contributed by atoms with E-state index in [0.717, 1.165) is 0 Å². The molecular formula is C19H17BrN4O5. The van der Waals surface area contributed by atoms with Gasteiger partial charge < -0.3 is 14.8 Å². The first-order valence-electron chi connectivity index (χ1n) is 8.56. The minimum absolute atomic E-state index is 0.172. The van der Waals surface area contributed by atoms with Crippen molar-refractivity contribution in [3.8, 4) is 17.2 Å². The third-order valence-electron chi connectivity index (χ3n) is 3.91. The van der Waals surface area contributed by atoms with Gasteiger partial charge in [0.2, 0.25) is 0 Å². The number of carbonyl (C=O) groups is 1. The second kappa shape index (κ2) is 8.74. The van der Waals surface area contributed by atoms with Crippen LogP contribution in [0.2, 0.25) is 0 Å². The number of aromatic nitrogens is 2. The van der Waals surface area contributed by atoms with Crippen LogP contribution in [-0.2, 0) is 6.54 Å². The second-order valence-electron chi connectivity index (χ2n) is 5.86. The van der Waals surface area contributed by atoms with Crippen LogP contribution in [0, 0.1) is 10.1 Å². The van der Waals surface area contributed by atoms with E-state index >= 15 is 0 Å². The molecule has 10 heteroatoms. The van der Waals surface area contributed by atoms with Crippen molar-refractivity contribution < 1.29 is 19.2 Å². The number of rotatable bonds is 7. The number of methoxy groups -OCH3 is 1. The van der Waals surface area contributed by atoms with E-state index in [0.29, 0.717) is 22.5 Å². The SMILES string of the molecule is CCn1cc(Br)c(C(=O)Nc2cc(Oc3ccccc3OC)cc([N+](=O)[O-])c2)n1. The maximum Gasteiger partial charge on any atom is 0.277 e. The van der Waals surface area contributed by atoms with Crippen LogP contribution >= 0.6 is 15.9 Å². The van der Waals surface area contributed by atoms with Gasteiger partial charge in [-0.05, 0) is 35.0 Å². The largest absolute Gasteiger partial charge is 0.493 e. The summed E-state index contributed by atoms with van der Waals surface area (Å²) in [5.41, 5.74) is 0.142. The van der Waals surface area contributed by atoms with Crippen LogP contribution in [0.3, 0.4) is 0 Å². The lowest BCUT2D eigenvalue weighted by molar-refractivity contribution is -0.384. The molecule has 0 bridgehead atoms. The van der Waals surface area contributed by atoms with E-state index in [1.165, 1.54) is 25.3 Å². The quantitative estimate of drug-likeness (QED) is 0.406. The third-order valence-corrected chi connectivity index (χ3v) is 4.49. The van der Waals surface area contributed by atoms with E-state index in [2.05, 4.69) is 26.3 Å². The van der Waals surface area contributed by atoms with Gasteiger partial charge in [-0.2, -0.15) is 5.10 Å². The number of aryl methyl sites for hydroxylation is 1. The second-order valence-corrected chi connectivity index (χ2v) is 6.72. The summed E-state index contributed by atoms with van der Waals surface area (Å²) in [6.07, 6.45) is 1.68. The number of nitrogens with one attached hydrogen (secondary N) is 1. The topological polar surface area (TPSA) is 109 Å². The molecule has 0 aliphatic carbocycles. The van der Waals surface area contributed by atoms with Gasteiger partial charge in [0.25, 0.3) is 11.6 Å². The Balaban J connectivity index is 1.91. The first kappa shape index (κ1) is 20.3. The third kappa shape index (κ3) is 4.72. The highest BCUT2D eigenvalue weighted by Gasteiger charge is 2.18. The Morgan fingerprint density at radius 1 is 1.28 bits per heavy atom. The van der Waals surface area contributed by atoms with Crippen molar-refractivity contribution in [2.24, 2.45) is 0 Å². The first-order valence-corrected chi connectivity index (χ1v) is 9.35. The number of amides is 1. The lowest BCUT2D eigenvalue weighted by Gasteiger charge is -2.11. The van der Waals surface area contributed by atoms with Crippen molar-refractivity contribution in [3.63, 3.8) is 0 Å². The number of para-hydroxylation sites is 2. The van der Waals surface area contributed by atoms with Gasteiger partial charge in [0, 0.05) is 24.9 Å². The molecule has 1 heterocycles. The maximum absolute atomic E-state index is 12.6. The molecule has 0 aliphatic heterocycles. The zero-order chi connectivity index (χ0) is 21.0. The van der Waals surface area contributed by atoms with Crippen LogP contribution in [0.4, 0.5) is 11.4 Å². The number of carbonyl (C=O) groups excluding carboxylic acids is 1. The van der Waals surface area contributed by atoms with Crippen molar-refractivity contribution in [3.05, 3.63) is 68.9 Å². The Hall–Kier alpha value is -3.40. The van der Waals surface area contributed by atoms with Crippen LogP contribution in [0.5, 0.6) is 17.2 Å². The van der Waals surface area contributed by atoms with Gasteiger partial charge >= 0.3 is 0 Å². The molecule has 0 saturated heterocycles. The maximum atomic E-state index is 12.6. The Morgan fingerprint density at radius 3 is 2.62 bits per heavy atom. The molecule has 0 aliphatic rings. The highest BCUT2D eigenvalue weighted by Crippen LogP contribution is 2.34. The monoisotopic (exact) mass is 460 g/mol. The number of hydrogen-bond donors (Lipinski definition) is 1. The normalized spacial score (nSPS) is 10.4. The number of nitro benzene ring substituents is 1. The summed E-state index contributed by atoms with van der Waals surface area (Å²) in [4.78, 5) is 23.3. The van der Waals surface area contributed by atoms with Gasteiger partial charge in [-0.15, -0.1) is 0 Å². The summed E-state index contributed by atoms with van der Waals surface area (Å²) in [5, 5.41) is 18.1. The number of ether oxygens (including phenoxy) is 2. The molecule has 0 atom stereocenters. The fourth-order valence-corrected chi connectivity index (χ4v) is 3.05. The summed E-state index contributed by atoms with van der Waals surface area (Å²) in [6, 6.07) is 10.9. The molecule has 1 amide bonds. The minimum Gasteiger partial charge on any atom is -0.493 e. The summed E-state index contributed by atoms with van der Waals surface area (Å²) in [7, 11) is 1.49. The molecule has 1 N–H and O–H groups in total. The Morgan fingerprint density at radius 2 is 2.00 bits per heavy atom. The van der Waals surface area contributed by atoms with E-state index in [-0.39, 0.29) is 22.8 Å². The molecule has 3 aromatic rings. The average Bonchev–Trinajstić information content (AvgIpc) is 3.09. The molecular weight excluding hydrogens is 444 g/mol. The van der Waals surface area contributed by atoms with E-state index < -0.39 is 10.8 Å². The number of benzene rings is 2. The van der Waals surface area contributed by atoms with Gasteiger partial charge in [0.15, 0.2) is 17.2 Å². The number of anilines is 1. The van der Waals surface area contributed by atoms with Gasteiger partial charge in [0.05, 0.1) is 28.3 Å². The van der Waals surface area contributed by atoms with Crippen molar-refractivity contribution in [2.75, 3.05) is 12.4 Å². The lowest BCUT2D eigenvalue weighted by atomic mass is 10.2. The summed E-state index contributed by atoms with van der Waals surface area (Å²) < 4.78 is 13.1. The van der Waals surface area contributed by atoms with Crippen LogP contribution < -0.4 is 14.8 Å². The van der Waals surface area contributed by atoms with E-state index in [4.69, 9.17) is 9.47 Å². The van der Waals surface area contributed by atoms with Crippen molar-refractivity contribution in [1.82, 2.24) is 9.78 Å². The van der Waals surface area contributed by atoms with E-state index in [1.54, 1.807) is 35.1 Å². The molecule has 2 aromatic carbocycles. The predicted molar refractivity (Wildman–Crippen MR) is 110 cm³/mol. The standard InChI is InChI=1S/C19H17BrN4O5/c1-3-23-11-15(20)18(22-23)19(25)21-12-8-13(24(26)27)10-14(9-12)29-17-7-5-4-6-16(17)28-2/h4-11H,3H2,1-2H3,(H,21,25). The number of hydrogen-bond acceptors (Lipinski definition) is 6.